The number of fused-ring (bicyclic) bond motifs is 2. The highest BCUT2D eigenvalue weighted by Crippen LogP contribution is 2.24. The van der Waals surface area contributed by atoms with Crippen molar-refractivity contribution in [2.75, 3.05) is 61.4 Å². The predicted molar refractivity (Wildman–Crippen MR) is 174 cm³/mol. The monoisotopic (exact) mass is 647 g/mol. The Morgan fingerprint density at radius 3 is 1.67 bits per heavy atom. The summed E-state index contributed by atoms with van der Waals surface area (Å²) in [5, 5.41) is 22.7. The minimum absolute atomic E-state index is 0.0229. The zero-order chi connectivity index (χ0) is 30.8. The molecular weight excluding hydrogens is 613 g/mol. The molecular formula is C28H35Cl2N9O3S. The van der Waals surface area contributed by atoms with Crippen LogP contribution in [0.4, 0.5) is 11.6 Å². The molecule has 2 saturated heterocycles. The number of aromatic amines is 2. The van der Waals surface area contributed by atoms with E-state index in [1.165, 1.54) is 19.8 Å². The molecule has 2 aromatic carbocycles. The van der Waals surface area contributed by atoms with Crippen LogP contribution in [0, 0.1) is 0 Å². The number of anilines is 2. The second-order valence-corrected chi connectivity index (χ2v) is 12.2. The molecule has 3 amide bonds. The first kappa shape index (κ1) is 32.6. The molecule has 2 aliphatic heterocycles. The lowest BCUT2D eigenvalue weighted by Crippen LogP contribution is -2.38. The van der Waals surface area contributed by atoms with Gasteiger partial charge in [-0.25, -0.2) is 0 Å². The van der Waals surface area contributed by atoms with Crippen molar-refractivity contribution < 1.29 is 14.4 Å². The average molecular weight is 649 g/mol. The molecule has 230 valence electrons. The minimum atomic E-state index is -0.333. The number of thioether (sulfide) groups is 1. The van der Waals surface area contributed by atoms with Gasteiger partial charge in [0.05, 0.1) is 24.1 Å². The third-order valence-corrected chi connectivity index (χ3v) is 8.01. The molecule has 15 heteroatoms. The van der Waals surface area contributed by atoms with E-state index in [4.69, 9.17) is 23.2 Å². The van der Waals surface area contributed by atoms with E-state index in [-0.39, 0.29) is 17.7 Å². The van der Waals surface area contributed by atoms with Crippen molar-refractivity contribution in [3.8, 4) is 0 Å². The van der Waals surface area contributed by atoms with Gasteiger partial charge < -0.3 is 16.4 Å². The van der Waals surface area contributed by atoms with Gasteiger partial charge in [0.2, 0.25) is 17.7 Å². The van der Waals surface area contributed by atoms with E-state index in [9.17, 15) is 14.4 Å². The number of carbonyl (C=O) groups is 3. The number of carbonyl (C=O) groups excluding carboxylic acids is 3. The zero-order valence-electron chi connectivity index (χ0n) is 23.8. The van der Waals surface area contributed by atoms with Gasteiger partial charge in [0.25, 0.3) is 0 Å². The molecule has 0 bridgehead atoms. The summed E-state index contributed by atoms with van der Waals surface area (Å²) in [6.07, 6.45) is 2.36. The van der Waals surface area contributed by atoms with Crippen molar-refractivity contribution in [1.82, 2.24) is 30.2 Å². The van der Waals surface area contributed by atoms with E-state index in [0.29, 0.717) is 34.8 Å². The fourth-order valence-corrected chi connectivity index (χ4v) is 5.95. The largest absolute Gasteiger partial charge is 0.370 e. The summed E-state index contributed by atoms with van der Waals surface area (Å²) in [5.74, 6) is 2.93. The lowest BCUT2D eigenvalue weighted by Gasteiger charge is -2.25. The van der Waals surface area contributed by atoms with Crippen molar-refractivity contribution >= 4 is 86.1 Å². The van der Waals surface area contributed by atoms with Crippen LogP contribution in [0.2, 0.25) is 10.0 Å². The Kier molecular flexibility index (Phi) is 12.1. The third-order valence-electron chi connectivity index (χ3n) is 6.60. The summed E-state index contributed by atoms with van der Waals surface area (Å²) in [4.78, 5) is 37.5. The summed E-state index contributed by atoms with van der Waals surface area (Å²) >= 11 is 13.8. The van der Waals surface area contributed by atoms with E-state index in [2.05, 4.69) is 46.6 Å². The molecule has 0 aliphatic carbocycles. The Hall–Kier alpha value is -3.36. The van der Waals surface area contributed by atoms with Crippen LogP contribution in [0.25, 0.3) is 21.8 Å². The summed E-state index contributed by atoms with van der Waals surface area (Å²) in [7, 11) is 0. The lowest BCUT2D eigenvalue weighted by molar-refractivity contribution is -0.118. The van der Waals surface area contributed by atoms with E-state index in [1.54, 1.807) is 24.3 Å². The molecule has 2 aromatic heterocycles. The summed E-state index contributed by atoms with van der Waals surface area (Å²) in [5.41, 5.74) is 6.12. The molecule has 2 fully saturated rings. The number of aromatic nitrogens is 4. The molecule has 43 heavy (non-hydrogen) atoms. The number of nitrogens with one attached hydrogen (secondary N) is 4. The second-order valence-electron chi connectivity index (χ2n) is 10.1. The van der Waals surface area contributed by atoms with Gasteiger partial charge in [0, 0.05) is 52.3 Å². The summed E-state index contributed by atoms with van der Waals surface area (Å²) < 4.78 is 0. The van der Waals surface area contributed by atoms with E-state index >= 15 is 0 Å². The number of halogens is 2. The van der Waals surface area contributed by atoms with Crippen molar-refractivity contribution in [2.24, 2.45) is 5.73 Å². The number of hydrogen-bond acceptors (Lipinski definition) is 8. The number of primary amides is 1. The predicted octanol–water partition coefficient (Wildman–Crippen LogP) is 3.95. The number of benzene rings is 2. The van der Waals surface area contributed by atoms with Crippen LogP contribution < -0.4 is 16.4 Å². The maximum Gasteiger partial charge on any atom is 0.239 e. The van der Waals surface area contributed by atoms with Crippen LogP contribution in [0.15, 0.2) is 36.4 Å². The standard InChI is InChI=1S/C13H15ClN4OS.C13H15ClN4O.C2H5NO/c14-9-1-2-10-11(7-9)16-17-13(10)15-12(19)8-18-3-5-20-6-4-18;14-9-3-4-10-11(7-9)16-17-13(10)15-12(19)8-18-5-1-2-6-18;1-2(3)4/h1-2,7H,3-6,8H2,(H2,15,16,17,19);3-4,7H,1-2,5-6,8H2,(H2,15,16,17,19);1H3,(H2,3,4). The molecule has 0 spiro atoms. The second kappa shape index (κ2) is 15.9. The molecule has 0 saturated carbocycles. The fourth-order valence-electron chi connectivity index (χ4n) is 4.62. The first-order chi connectivity index (χ1) is 20.7. The van der Waals surface area contributed by atoms with Gasteiger partial charge in [-0.2, -0.15) is 22.0 Å². The number of rotatable bonds is 6. The van der Waals surface area contributed by atoms with Crippen LogP contribution in [-0.2, 0) is 14.4 Å². The highest BCUT2D eigenvalue weighted by Gasteiger charge is 2.17. The number of likely N-dealkylation sites (tertiary alicyclic amines) is 1. The SMILES string of the molecule is CC(N)=O.O=C(CN1CCCC1)Nc1n[nH]c2cc(Cl)ccc12.O=C(CN1CCSCC1)Nc1n[nH]c2cc(Cl)ccc12. The molecule has 0 radical (unpaired) electrons. The van der Waals surface area contributed by atoms with Gasteiger partial charge in [-0.15, -0.1) is 0 Å². The number of hydrogen-bond donors (Lipinski definition) is 5. The number of amides is 3. The summed E-state index contributed by atoms with van der Waals surface area (Å²) in [6, 6.07) is 10.9. The Balaban J connectivity index is 0.000000176. The van der Waals surface area contributed by atoms with Crippen molar-refractivity contribution in [3.05, 3.63) is 46.4 Å². The number of H-pyrrole nitrogens is 2. The molecule has 0 atom stereocenters. The molecule has 4 heterocycles. The van der Waals surface area contributed by atoms with Gasteiger partial charge in [0.15, 0.2) is 11.6 Å². The number of nitrogens with zero attached hydrogens (tertiary/aromatic N) is 4. The highest BCUT2D eigenvalue weighted by molar-refractivity contribution is 7.99. The maximum atomic E-state index is 12.0. The lowest BCUT2D eigenvalue weighted by atomic mass is 10.2. The highest BCUT2D eigenvalue weighted by atomic mass is 35.5. The first-order valence-electron chi connectivity index (χ1n) is 13.8. The van der Waals surface area contributed by atoms with E-state index in [1.807, 2.05) is 23.9 Å². The van der Waals surface area contributed by atoms with Crippen LogP contribution in [-0.4, -0.2) is 98.7 Å². The fraction of sp³-hybridized carbons (Fsp3) is 0.393. The van der Waals surface area contributed by atoms with Crippen LogP contribution in [0.3, 0.4) is 0 Å². The molecule has 0 unspecified atom stereocenters. The van der Waals surface area contributed by atoms with E-state index < -0.39 is 0 Å². The van der Waals surface area contributed by atoms with Gasteiger partial charge in [0.1, 0.15) is 0 Å². The Morgan fingerprint density at radius 1 is 0.814 bits per heavy atom. The van der Waals surface area contributed by atoms with Crippen LogP contribution in [0.1, 0.15) is 19.8 Å². The molecule has 12 nitrogen and oxygen atoms in total. The quantitative estimate of drug-likeness (QED) is 0.210. The molecule has 2 aliphatic rings. The maximum absolute atomic E-state index is 12.0. The Morgan fingerprint density at radius 2 is 1.23 bits per heavy atom. The Labute approximate surface area is 263 Å². The van der Waals surface area contributed by atoms with Crippen LogP contribution >= 0.6 is 35.0 Å². The van der Waals surface area contributed by atoms with Crippen molar-refractivity contribution in [3.63, 3.8) is 0 Å². The third kappa shape index (κ3) is 10.1. The van der Waals surface area contributed by atoms with Gasteiger partial charge in [-0.3, -0.25) is 34.4 Å². The normalized spacial score (nSPS) is 15.3. The molecule has 6 N–H and O–H groups in total. The van der Waals surface area contributed by atoms with Crippen molar-refractivity contribution in [2.45, 2.75) is 19.8 Å². The van der Waals surface area contributed by atoms with Crippen LogP contribution in [0.5, 0.6) is 0 Å². The molecule has 4 aromatic rings. The van der Waals surface area contributed by atoms with Gasteiger partial charge in [-0.05, 0) is 62.3 Å². The topological polar surface area (TPSA) is 165 Å². The van der Waals surface area contributed by atoms with Gasteiger partial charge >= 0.3 is 0 Å². The Bertz CT molecular complexity index is 1550. The number of nitrogens with two attached hydrogens (primary N) is 1. The minimum Gasteiger partial charge on any atom is -0.370 e. The van der Waals surface area contributed by atoms with Gasteiger partial charge in [-0.1, -0.05) is 23.2 Å². The van der Waals surface area contributed by atoms with Crippen molar-refractivity contribution in [1.29, 1.82) is 0 Å². The molecule has 6 rings (SSSR count). The van der Waals surface area contributed by atoms with E-state index in [0.717, 1.165) is 59.5 Å². The zero-order valence-corrected chi connectivity index (χ0v) is 26.1. The average Bonchev–Trinajstić information content (AvgIpc) is 3.70. The first-order valence-corrected chi connectivity index (χ1v) is 15.7. The smallest absolute Gasteiger partial charge is 0.239 e. The summed E-state index contributed by atoms with van der Waals surface area (Å²) in [6.45, 7) is 6.10.